The number of amides is 1. The van der Waals surface area contributed by atoms with Crippen molar-refractivity contribution < 1.29 is 4.79 Å². The Balaban J connectivity index is 1.15. The fourth-order valence-corrected chi connectivity index (χ4v) is 4.50. The number of primary amides is 1. The molecule has 0 aromatic heterocycles. The van der Waals surface area contributed by atoms with Gasteiger partial charge in [0.25, 0.3) is 0 Å². The molecule has 0 aromatic carbocycles. The van der Waals surface area contributed by atoms with Crippen LogP contribution in [0.3, 0.4) is 0 Å². The molecule has 4 bridgehead atoms. The average Bonchev–Trinajstić information content (AvgIpc) is 2.53. The SMILES string of the molecule is NC(=O)CCCCCCCCCCCC1N2CN3CN(C2)CN1C3. The maximum absolute atomic E-state index is 10.6. The first-order valence-electron chi connectivity index (χ1n) is 9.93. The maximum atomic E-state index is 10.6. The Morgan fingerprint density at radius 2 is 1.17 bits per heavy atom. The summed E-state index contributed by atoms with van der Waals surface area (Å²) in [7, 11) is 0. The Hall–Kier alpha value is -0.690. The molecule has 24 heavy (non-hydrogen) atoms. The topological polar surface area (TPSA) is 56.1 Å². The van der Waals surface area contributed by atoms with Crippen LogP contribution in [-0.2, 0) is 4.79 Å². The van der Waals surface area contributed by atoms with Gasteiger partial charge in [-0.05, 0) is 12.8 Å². The number of carbonyl (C=O) groups excluding carboxylic acids is 1. The van der Waals surface area contributed by atoms with Crippen molar-refractivity contribution in [3.63, 3.8) is 0 Å². The number of unbranched alkanes of at least 4 members (excludes halogenated alkanes) is 8. The van der Waals surface area contributed by atoms with Gasteiger partial charge in [0.2, 0.25) is 5.91 Å². The van der Waals surface area contributed by atoms with Crippen LogP contribution in [0.2, 0.25) is 0 Å². The minimum Gasteiger partial charge on any atom is -0.370 e. The van der Waals surface area contributed by atoms with Crippen LogP contribution in [0.25, 0.3) is 0 Å². The second-order valence-corrected chi connectivity index (χ2v) is 7.89. The van der Waals surface area contributed by atoms with Gasteiger partial charge in [0.05, 0.1) is 39.5 Å². The summed E-state index contributed by atoms with van der Waals surface area (Å²) in [6, 6.07) is 0. The molecule has 4 fully saturated rings. The molecule has 4 saturated heterocycles. The molecule has 0 aromatic rings. The van der Waals surface area contributed by atoms with E-state index in [1.165, 1.54) is 84.7 Å². The molecule has 1 amide bonds. The Labute approximate surface area is 146 Å². The molecule has 2 N–H and O–H groups in total. The number of hydrogen-bond donors (Lipinski definition) is 1. The molecule has 4 aliphatic heterocycles. The van der Waals surface area contributed by atoms with Crippen LogP contribution in [0.4, 0.5) is 0 Å². The summed E-state index contributed by atoms with van der Waals surface area (Å²) >= 11 is 0. The predicted octanol–water partition coefficient (Wildman–Crippen LogP) is 2.13. The lowest BCUT2D eigenvalue weighted by molar-refractivity contribution is -0.232. The van der Waals surface area contributed by atoms with Crippen LogP contribution in [0.5, 0.6) is 0 Å². The second kappa shape index (κ2) is 9.13. The molecule has 4 heterocycles. The summed E-state index contributed by atoms with van der Waals surface area (Å²) in [6.07, 6.45) is 14.2. The first-order chi connectivity index (χ1) is 11.7. The zero-order valence-electron chi connectivity index (χ0n) is 15.2. The molecule has 6 nitrogen and oxygen atoms in total. The fourth-order valence-electron chi connectivity index (χ4n) is 4.50. The average molecular weight is 338 g/mol. The number of nitrogens with two attached hydrogens (primary N) is 1. The lowest BCUT2D eigenvalue weighted by Crippen LogP contribution is -2.75. The van der Waals surface area contributed by atoms with Gasteiger partial charge >= 0.3 is 0 Å². The van der Waals surface area contributed by atoms with Gasteiger partial charge in [-0.15, -0.1) is 0 Å². The molecule has 0 unspecified atom stereocenters. The largest absolute Gasteiger partial charge is 0.370 e. The van der Waals surface area contributed by atoms with Gasteiger partial charge in [-0.1, -0.05) is 51.4 Å². The zero-order valence-corrected chi connectivity index (χ0v) is 15.2. The molecule has 0 radical (unpaired) electrons. The number of carbonyl (C=O) groups is 1. The Kier molecular flexibility index (Phi) is 6.89. The normalized spacial score (nSPS) is 33.9. The third-order valence-corrected chi connectivity index (χ3v) is 5.66. The summed E-state index contributed by atoms with van der Waals surface area (Å²) in [6.45, 7) is 5.87. The zero-order chi connectivity index (χ0) is 16.8. The van der Waals surface area contributed by atoms with Crippen molar-refractivity contribution in [2.75, 3.05) is 33.3 Å². The van der Waals surface area contributed by atoms with Gasteiger partial charge in [-0.2, -0.15) is 0 Å². The monoisotopic (exact) mass is 337 g/mol. The van der Waals surface area contributed by atoms with E-state index in [4.69, 9.17) is 5.73 Å². The van der Waals surface area contributed by atoms with Crippen molar-refractivity contribution in [3.8, 4) is 0 Å². The van der Waals surface area contributed by atoms with Gasteiger partial charge in [0, 0.05) is 6.42 Å². The summed E-state index contributed by atoms with van der Waals surface area (Å²) < 4.78 is 0. The van der Waals surface area contributed by atoms with Crippen LogP contribution >= 0.6 is 0 Å². The van der Waals surface area contributed by atoms with Crippen LogP contribution in [0.1, 0.15) is 70.6 Å². The van der Waals surface area contributed by atoms with E-state index in [-0.39, 0.29) is 5.91 Å². The molecule has 0 aliphatic carbocycles. The molecular formula is C18H35N5O. The van der Waals surface area contributed by atoms with E-state index < -0.39 is 0 Å². The van der Waals surface area contributed by atoms with Gasteiger partial charge in [0.1, 0.15) is 0 Å². The van der Waals surface area contributed by atoms with Crippen molar-refractivity contribution >= 4 is 5.91 Å². The van der Waals surface area contributed by atoms with Gasteiger partial charge < -0.3 is 5.73 Å². The highest BCUT2D eigenvalue weighted by atomic mass is 16.1. The van der Waals surface area contributed by atoms with Crippen LogP contribution in [0, 0.1) is 0 Å². The number of nitrogens with zero attached hydrogens (tertiary/aromatic N) is 4. The van der Waals surface area contributed by atoms with Crippen LogP contribution in [-0.4, -0.2) is 65.0 Å². The molecule has 4 aliphatic rings. The van der Waals surface area contributed by atoms with E-state index in [0.29, 0.717) is 12.6 Å². The fraction of sp³-hybridized carbons (Fsp3) is 0.944. The third-order valence-electron chi connectivity index (χ3n) is 5.66. The van der Waals surface area contributed by atoms with E-state index in [0.717, 1.165) is 12.8 Å². The molecule has 6 heteroatoms. The molecule has 0 atom stereocenters. The van der Waals surface area contributed by atoms with Gasteiger partial charge in [0.15, 0.2) is 0 Å². The van der Waals surface area contributed by atoms with Crippen molar-refractivity contribution in [3.05, 3.63) is 0 Å². The molecule has 4 rings (SSSR count). The van der Waals surface area contributed by atoms with Crippen LogP contribution < -0.4 is 5.73 Å². The minimum atomic E-state index is -0.156. The summed E-state index contributed by atoms with van der Waals surface area (Å²) in [5.74, 6) is -0.156. The van der Waals surface area contributed by atoms with Crippen molar-refractivity contribution in [1.82, 2.24) is 19.6 Å². The van der Waals surface area contributed by atoms with Crippen molar-refractivity contribution in [1.29, 1.82) is 0 Å². The number of hydrogen-bond acceptors (Lipinski definition) is 5. The minimum absolute atomic E-state index is 0.156. The molecule has 0 saturated carbocycles. The van der Waals surface area contributed by atoms with E-state index in [9.17, 15) is 4.79 Å². The standard InChI is InChI=1S/C18H35N5O/c19-17(24)10-8-6-4-2-1-3-5-7-9-11-18-22-13-20-12-21(15-22)16-23(18)14-20/h18H,1-16H2,(H2,19,24). The summed E-state index contributed by atoms with van der Waals surface area (Å²) in [5, 5.41) is 0. The summed E-state index contributed by atoms with van der Waals surface area (Å²) in [5.41, 5.74) is 5.14. The van der Waals surface area contributed by atoms with Crippen LogP contribution in [0.15, 0.2) is 0 Å². The van der Waals surface area contributed by atoms with Crippen molar-refractivity contribution in [2.24, 2.45) is 5.73 Å². The predicted molar refractivity (Wildman–Crippen MR) is 95.5 cm³/mol. The highest BCUT2D eigenvalue weighted by molar-refractivity contribution is 5.73. The maximum Gasteiger partial charge on any atom is 0.217 e. The Morgan fingerprint density at radius 1 is 0.708 bits per heavy atom. The third kappa shape index (κ3) is 5.15. The first kappa shape index (κ1) is 18.1. The molecule has 138 valence electrons. The lowest BCUT2D eigenvalue weighted by Gasteiger charge is -2.60. The second-order valence-electron chi connectivity index (χ2n) is 7.89. The highest BCUT2D eigenvalue weighted by Gasteiger charge is 2.42. The van der Waals surface area contributed by atoms with E-state index >= 15 is 0 Å². The van der Waals surface area contributed by atoms with E-state index in [2.05, 4.69) is 19.6 Å². The molecular weight excluding hydrogens is 302 g/mol. The van der Waals surface area contributed by atoms with Gasteiger partial charge in [-0.25, -0.2) is 0 Å². The first-order valence-corrected chi connectivity index (χ1v) is 9.93. The lowest BCUT2D eigenvalue weighted by atomic mass is 10.0. The highest BCUT2D eigenvalue weighted by Crippen LogP contribution is 2.29. The Morgan fingerprint density at radius 3 is 1.67 bits per heavy atom. The smallest absolute Gasteiger partial charge is 0.217 e. The van der Waals surface area contributed by atoms with Crippen molar-refractivity contribution in [2.45, 2.75) is 76.8 Å². The molecule has 0 spiro atoms. The quantitative estimate of drug-likeness (QED) is 0.553. The summed E-state index contributed by atoms with van der Waals surface area (Å²) in [4.78, 5) is 21.0. The number of rotatable bonds is 12. The van der Waals surface area contributed by atoms with Gasteiger partial charge in [-0.3, -0.25) is 24.4 Å². The van der Waals surface area contributed by atoms with E-state index in [1.54, 1.807) is 0 Å². The van der Waals surface area contributed by atoms with E-state index in [1.807, 2.05) is 0 Å². The Bertz CT molecular complexity index is 375.